The molecule has 0 saturated carbocycles. The summed E-state index contributed by atoms with van der Waals surface area (Å²) in [6, 6.07) is 1.90. The Kier molecular flexibility index (Phi) is 8.99. The summed E-state index contributed by atoms with van der Waals surface area (Å²) in [5.74, 6) is -1.71. The summed E-state index contributed by atoms with van der Waals surface area (Å²) in [4.78, 5) is 38.1. The second-order valence-corrected chi connectivity index (χ2v) is 9.71. The van der Waals surface area contributed by atoms with E-state index >= 15 is 0 Å². The van der Waals surface area contributed by atoms with Crippen molar-refractivity contribution in [2.45, 2.75) is 45.4 Å². The fourth-order valence-corrected chi connectivity index (χ4v) is 4.28. The lowest BCUT2D eigenvalue weighted by Crippen LogP contribution is -2.34. The molecule has 13 heteroatoms. The maximum absolute atomic E-state index is 14.3. The molecule has 2 amide bonds. The molecule has 0 aliphatic carbocycles. The van der Waals surface area contributed by atoms with Crippen LogP contribution in [0.5, 0.6) is 5.75 Å². The Bertz CT molecular complexity index is 1270. The van der Waals surface area contributed by atoms with Gasteiger partial charge < -0.3 is 25.2 Å². The van der Waals surface area contributed by atoms with Crippen LogP contribution in [0.1, 0.15) is 61.7 Å². The monoisotopic (exact) mass is 543 g/mol. The molecule has 0 bridgehead atoms. The summed E-state index contributed by atoms with van der Waals surface area (Å²) in [5, 5.41) is 6.05. The molecule has 0 atom stereocenters. The third kappa shape index (κ3) is 7.24. The fourth-order valence-electron chi connectivity index (χ4n) is 4.28. The van der Waals surface area contributed by atoms with Gasteiger partial charge in [-0.2, -0.15) is 4.98 Å². The summed E-state index contributed by atoms with van der Waals surface area (Å²) in [6.07, 6.45) is 6.95. The van der Waals surface area contributed by atoms with E-state index in [4.69, 9.17) is 15.0 Å². The van der Waals surface area contributed by atoms with Crippen molar-refractivity contribution in [1.82, 2.24) is 25.4 Å². The number of nitrogens with zero attached hydrogens (tertiary/aromatic N) is 5. The van der Waals surface area contributed by atoms with Crippen LogP contribution in [-0.4, -0.2) is 58.2 Å². The average Bonchev–Trinajstić information content (AvgIpc) is 3.41. The van der Waals surface area contributed by atoms with Gasteiger partial charge >= 0.3 is 0 Å². The number of carbonyl (C=O) groups is 2. The third-order valence-electron chi connectivity index (χ3n) is 6.42. The largest absolute Gasteiger partial charge is 0.493 e. The molecule has 11 nitrogen and oxygen atoms in total. The van der Waals surface area contributed by atoms with E-state index in [0.717, 1.165) is 44.5 Å². The zero-order valence-corrected chi connectivity index (χ0v) is 21.8. The molecule has 0 unspecified atom stereocenters. The van der Waals surface area contributed by atoms with Gasteiger partial charge in [0.25, 0.3) is 5.91 Å². The quantitative estimate of drug-likeness (QED) is 0.348. The Morgan fingerprint density at radius 2 is 1.85 bits per heavy atom. The molecule has 1 saturated heterocycles. The maximum Gasteiger partial charge on any atom is 0.257 e. The summed E-state index contributed by atoms with van der Waals surface area (Å²) in [5.41, 5.74) is 4.84. The first-order chi connectivity index (χ1) is 18.7. The van der Waals surface area contributed by atoms with E-state index in [1.54, 1.807) is 12.4 Å². The number of piperidine rings is 1. The van der Waals surface area contributed by atoms with Gasteiger partial charge in [-0.05, 0) is 31.6 Å². The second-order valence-electron chi connectivity index (χ2n) is 9.71. The van der Waals surface area contributed by atoms with E-state index in [9.17, 15) is 18.4 Å². The highest BCUT2D eigenvalue weighted by Gasteiger charge is 2.22. The van der Waals surface area contributed by atoms with Crippen molar-refractivity contribution < 1.29 is 27.6 Å². The zero-order chi connectivity index (χ0) is 27.9. The van der Waals surface area contributed by atoms with Crippen molar-refractivity contribution in [3.63, 3.8) is 0 Å². The van der Waals surface area contributed by atoms with Crippen LogP contribution in [-0.2, 0) is 4.79 Å². The number of benzene rings is 1. The molecular formula is C26H31F2N7O4. The first kappa shape index (κ1) is 27.9. The molecule has 4 rings (SSSR count). The first-order valence-corrected chi connectivity index (χ1v) is 12.8. The predicted octanol–water partition coefficient (Wildman–Crippen LogP) is 3.22. The molecular weight excluding hydrogens is 512 g/mol. The number of primary amides is 1. The second kappa shape index (κ2) is 12.6. The molecule has 208 valence electrons. The van der Waals surface area contributed by atoms with E-state index in [-0.39, 0.29) is 18.3 Å². The van der Waals surface area contributed by atoms with Gasteiger partial charge in [-0.25, -0.2) is 18.7 Å². The van der Waals surface area contributed by atoms with Crippen LogP contribution in [0.2, 0.25) is 0 Å². The lowest BCUT2D eigenvalue weighted by atomic mass is 9.92. The van der Waals surface area contributed by atoms with Crippen LogP contribution in [0, 0.1) is 17.6 Å². The molecule has 3 aromatic rings. The minimum absolute atomic E-state index is 0.00637. The number of nitrogens with one attached hydrogen (secondary N) is 1. The molecule has 1 aliphatic rings. The predicted molar refractivity (Wildman–Crippen MR) is 137 cm³/mol. The van der Waals surface area contributed by atoms with Crippen molar-refractivity contribution in [3.8, 4) is 17.1 Å². The summed E-state index contributed by atoms with van der Waals surface area (Å²) in [7, 11) is 0. The molecule has 1 aliphatic heterocycles. The fraction of sp³-hybridized carbons (Fsp3) is 0.462. The molecule has 1 aromatic carbocycles. The van der Waals surface area contributed by atoms with Gasteiger partial charge in [0.15, 0.2) is 0 Å². The van der Waals surface area contributed by atoms with Crippen LogP contribution >= 0.6 is 0 Å². The van der Waals surface area contributed by atoms with E-state index in [0.29, 0.717) is 35.6 Å². The van der Waals surface area contributed by atoms with Gasteiger partial charge in [-0.15, -0.1) is 0 Å². The number of aromatic nitrogens is 4. The zero-order valence-electron chi connectivity index (χ0n) is 21.8. The molecule has 3 N–H and O–H groups in total. The lowest BCUT2D eigenvalue weighted by Gasteiger charge is -2.32. The smallest absolute Gasteiger partial charge is 0.257 e. The number of carbonyl (C=O) groups excluding carboxylic acids is 2. The van der Waals surface area contributed by atoms with Gasteiger partial charge in [0.05, 0.1) is 18.7 Å². The van der Waals surface area contributed by atoms with Crippen molar-refractivity contribution >= 4 is 17.8 Å². The SMILES string of the molecule is CC(C)c1nc(-c2cnc(N3CCC(CCCOc4cc(F)c(C(=O)NCC(N)=O)c(F)c4)CC3)nc2)no1. The summed E-state index contributed by atoms with van der Waals surface area (Å²) < 4.78 is 39.3. The number of nitrogens with two attached hydrogens (primary N) is 1. The number of halogens is 2. The normalized spacial score (nSPS) is 14.0. The number of hydrogen-bond acceptors (Lipinski definition) is 9. The molecule has 2 aromatic heterocycles. The number of rotatable bonds is 11. The van der Waals surface area contributed by atoms with E-state index in [1.807, 2.05) is 13.8 Å². The molecule has 0 spiro atoms. The van der Waals surface area contributed by atoms with E-state index in [2.05, 4.69) is 30.3 Å². The van der Waals surface area contributed by atoms with E-state index < -0.39 is 35.6 Å². The highest BCUT2D eigenvalue weighted by molar-refractivity contribution is 5.96. The molecule has 3 heterocycles. The standard InChI is InChI=1S/C26H31F2N7O4/c1-15(2)25-33-23(34-39-25)17-12-31-26(32-13-17)35-7-5-16(6-8-35)4-3-9-38-18-10-19(27)22(20(28)11-18)24(37)30-14-21(29)36/h10-13,15-16H,3-9,14H2,1-2H3,(H2,29,36)(H,30,37). The number of amides is 2. The molecule has 1 fully saturated rings. The Morgan fingerprint density at radius 1 is 1.18 bits per heavy atom. The van der Waals surface area contributed by atoms with Gasteiger partial charge in [-0.3, -0.25) is 9.59 Å². The maximum atomic E-state index is 14.3. The van der Waals surface area contributed by atoms with Crippen LogP contribution < -0.4 is 20.7 Å². The van der Waals surface area contributed by atoms with Crippen LogP contribution in [0.15, 0.2) is 29.0 Å². The van der Waals surface area contributed by atoms with Crippen LogP contribution in [0.4, 0.5) is 14.7 Å². The van der Waals surface area contributed by atoms with Crippen molar-refractivity contribution in [2.24, 2.45) is 11.7 Å². The number of ether oxygens (including phenoxy) is 1. The molecule has 0 radical (unpaired) electrons. The van der Waals surface area contributed by atoms with Crippen LogP contribution in [0.25, 0.3) is 11.4 Å². The van der Waals surface area contributed by atoms with Gasteiger partial charge in [0.2, 0.25) is 23.6 Å². The number of hydrogen-bond donors (Lipinski definition) is 2. The van der Waals surface area contributed by atoms with Crippen molar-refractivity contribution in [2.75, 3.05) is 31.1 Å². The van der Waals surface area contributed by atoms with Crippen molar-refractivity contribution in [1.29, 1.82) is 0 Å². The van der Waals surface area contributed by atoms with Crippen molar-refractivity contribution in [3.05, 3.63) is 47.6 Å². The lowest BCUT2D eigenvalue weighted by molar-refractivity contribution is -0.117. The number of anilines is 1. The van der Waals surface area contributed by atoms with Gasteiger partial charge in [-0.1, -0.05) is 19.0 Å². The topological polar surface area (TPSA) is 149 Å². The highest BCUT2D eigenvalue weighted by atomic mass is 19.1. The minimum Gasteiger partial charge on any atom is -0.493 e. The summed E-state index contributed by atoms with van der Waals surface area (Å²) >= 11 is 0. The highest BCUT2D eigenvalue weighted by Crippen LogP contribution is 2.26. The van der Waals surface area contributed by atoms with Crippen LogP contribution in [0.3, 0.4) is 0 Å². The Labute approximate surface area is 224 Å². The van der Waals surface area contributed by atoms with E-state index in [1.165, 1.54) is 0 Å². The molecule has 39 heavy (non-hydrogen) atoms. The summed E-state index contributed by atoms with van der Waals surface area (Å²) in [6.45, 7) is 5.37. The van der Waals surface area contributed by atoms with Gasteiger partial charge in [0.1, 0.15) is 22.9 Å². The minimum atomic E-state index is -1.08. The Balaban J connectivity index is 1.20. The third-order valence-corrected chi connectivity index (χ3v) is 6.42. The average molecular weight is 544 g/mol. The first-order valence-electron chi connectivity index (χ1n) is 12.8. The Hall–Kier alpha value is -4.16. The Morgan fingerprint density at radius 3 is 2.44 bits per heavy atom. The van der Waals surface area contributed by atoms with Gasteiger partial charge in [0, 0.05) is 43.5 Å².